The van der Waals surface area contributed by atoms with Crippen LogP contribution in [-0.4, -0.2) is 22.2 Å². The van der Waals surface area contributed by atoms with Gasteiger partial charge in [0.2, 0.25) is 5.91 Å². The molecule has 1 heterocycles. The van der Waals surface area contributed by atoms with Crippen LogP contribution < -0.4 is 10.9 Å². The highest BCUT2D eigenvalue weighted by Crippen LogP contribution is 2.27. The van der Waals surface area contributed by atoms with E-state index in [4.69, 9.17) is 0 Å². The Balaban J connectivity index is 1.42. The van der Waals surface area contributed by atoms with Crippen LogP contribution >= 0.6 is 0 Å². The summed E-state index contributed by atoms with van der Waals surface area (Å²) in [5, 5.41) is 7.07. The van der Waals surface area contributed by atoms with E-state index in [0.717, 1.165) is 4.68 Å². The van der Waals surface area contributed by atoms with Crippen molar-refractivity contribution < 1.29 is 9.18 Å². The molecule has 0 spiro atoms. The molecule has 0 unspecified atom stereocenters. The fraction of sp³-hybridized carbons (Fsp3) is 0.148. The topological polar surface area (TPSA) is 64.0 Å². The zero-order valence-electron chi connectivity index (χ0n) is 18.0. The summed E-state index contributed by atoms with van der Waals surface area (Å²) in [4.78, 5) is 24.8. The summed E-state index contributed by atoms with van der Waals surface area (Å²) in [5.74, 6) is -0.624. The van der Waals surface area contributed by atoms with Gasteiger partial charge in [-0.15, -0.1) is 0 Å². The van der Waals surface area contributed by atoms with Crippen LogP contribution in [0.15, 0.2) is 102 Å². The third-order valence-corrected chi connectivity index (χ3v) is 5.47. The highest BCUT2D eigenvalue weighted by Gasteiger charge is 2.15. The minimum atomic E-state index is -0.437. The molecule has 1 N–H and O–H groups in total. The fourth-order valence-corrected chi connectivity index (χ4v) is 3.82. The molecular weight excluding hydrogens is 417 g/mol. The molecule has 33 heavy (non-hydrogen) atoms. The molecule has 0 atom stereocenters. The van der Waals surface area contributed by atoms with Gasteiger partial charge in [-0.05, 0) is 35.7 Å². The number of carbonyl (C=O) groups excluding carboxylic acids is 1. The third-order valence-electron chi connectivity index (χ3n) is 5.47. The van der Waals surface area contributed by atoms with Crippen molar-refractivity contribution in [3.8, 4) is 11.3 Å². The monoisotopic (exact) mass is 441 g/mol. The number of benzene rings is 3. The van der Waals surface area contributed by atoms with Gasteiger partial charge in [0, 0.05) is 24.1 Å². The largest absolute Gasteiger partial charge is 0.354 e. The van der Waals surface area contributed by atoms with Gasteiger partial charge in [-0.1, -0.05) is 72.8 Å². The van der Waals surface area contributed by atoms with Crippen molar-refractivity contribution in [1.82, 2.24) is 15.1 Å². The Morgan fingerprint density at radius 3 is 2.09 bits per heavy atom. The van der Waals surface area contributed by atoms with E-state index < -0.39 is 11.4 Å². The second kappa shape index (κ2) is 10.5. The van der Waals surface area contributed by atoms with Gasteiger partial charge >= 0.3 is 0 Å². The van der Waals surface area contributed by atoms with Crippen molar-refractivity contribution in [3.63, 3.8) is 0 Å². The summed E-state index contributed by atoms with van der Waals surface area (Å²) in [6, 6.07) is 29.2. The number of nitrogens with zero attached hydrogens (tertiary/aromatic N) is 2. The molecule has 0 saturated heterocycles. The van der Waals surface area contributed by atoms with E-state index in [2.05, 4.69) is 34.7 Å². The van der Waals surface area contributed by atoms with E-state index >= 15 is 0 Å². The second-order valence-electron chi connectivity index (χ2n) is 7.71. The first-order valence-electron chi connectivity index (χ1n) is 10.8. The minimum absolute atomic E-state index is 0.137. The molecular formula is C27H24FN3O2. The highest BCUT2D eigenvalue weighted by atomic mass is 19.1. The van der Waals surface area contributed by atoms with Crippen LogP contribution in [-0.2, 0) is 11.3 Å². The van der Waals surface area contributed by atoms with Crippen molar-refractivity contribution >= 4 is 5.91 Å². The molecule has 5 nitrogen and oxygen atoms in total. The Hall–Kier alpha value is -4.06. The Morgan fingerprint density at radius 2 is 1.45 bits per heavy atom. The van der Waals surface area contributed by atoms with Gasteiger partial charge in [0.1, 0.15) is 12.4 Å². The average molecular weight is 442 g/mol. The first-order valence-corrected chi connectivity index (χ1v) is 10.8. The third kappa shape index (κ3) is 5.60. The maximum atomic E-state index is 14.1. The van der Waals surface area contributed by atoms with Gasteiger partial charge in [-0.3, -0.25) is 9.59 Å². The van der Waals surface area contributed by atoms with E-state index in [9.17, 15) is 14.0 Å². The van der Waals surface area contributed by atoms with Gasteiger partial charge in [0.05, 0.1) is 5.69 Å². The molecule has 1 amide bonds. The summed E-state index contributed by atoms with van der Waals surface area (Å²) in [6.45, 7) is 0.206. The van der Waals surface area contributed by atoms with E-state index in [1.807, 2.05) is 36.4 Å². The van der Waals surface area contributed by atoms with E-state index in [1.165, 1.54) is 29.3 Å². The molecule has 4 aromatic rings. The van der Waals surface area contributed by atoms with Crippen LogP contribution in [0.5, 0.6) is 0 Å². The molecule has 0 aliphatic heterocycles. The molecule has 0 fully saturated rings. The van der Waals surface area contributed by atoms with Crippen LogP contribution in [0.3, 0.4) is 0 Å². The normalized spacial score (nSPS) is 10.8. The van der Waals surface area contributed by atoms with Gasteiger partial charge in [-0.25, -0.2) is 9.07 Å². The lowest BCUT2D eigenvalue weighted by Gasteiger charge is -2.18. The van der Waals surface area contributed by atoms with Gasteiger partial charge in [0.25, 0.3) is 5.56 Å². The number of hydrogen-bond donors (Lipinski definition) is 1. The number of amides is 1. The maximum absolute atomic E-state index is 14.1. The number of nitrogens with one attached hydrogen (secondary N) is 1. The summed E-state index contributed by atoms with van der Waals surface area (Å²) in [7, 11) is 0. The number of carbonyl (C=O) groups is 1. The van der Waals surface area contributed by atoms with Crippen molar-refractivity contribution in [2.24, 2.45) is 0 Å². The quantitative estimate of drug-likeness (QED) is 0.441. The van der Waals surface area contributed by atoms with E-state index in [-0.39, 0.29) is 23.9 Å². The van der Waals surface area contributed by atoms with Crippen LogP contribution in [0.25, 0.3) is 11.3 Å². The maximum Gasteiger partial charge on any atom is 0.267 e. The summed E-state index contributed by atoms with van der Waals surface area (Å²) < 4.78 is 15.1. The number of halogens is 1. The number of rotatable bonds is 8. The Bertz CT molecular complexity index is 1230. The standard InChI is InChI=1S/C27H24FN3O2/c28-24-14-8-7-13-23(24)25-15-16-27(33)31(30-25)19-26(32)29-18-17-22(20-9-3-1-4-10-20)21-11-5-2-6-12-21/h1-16,22H,17-19H2,(H,29,32). The Morgan fingerprint density at radius 1 is 0.848 bits per heavy atom. The van der Waals surface area contributed by atoms with E-state index in [0.29, 0.717) is 18.7 Å². The molecule has 4 rings (SSSR count). The van der Waals surface area contributed by atoms with Gasteiger partial charge in [-0.2, -0.15) is 5.10 Å². The van der Waals surface area contributed by atoms with Gasteiger partial charge < -0.3 is 5.32 Å². The minimum Gasteiger partial charge on any atom is -0.354 e. The van der Waals surface area contributed by atoms with Crippen LogP contribution in [0, 0.1) is 5.82 Å². The lowest BCUT2D eigenvalue weighted by Crippen LogP contribution is -2.34. The molecule has 3 aromatic carbocycles. The van der Waals surface area contributed by atoms with Crippen LogP contribution in [0.4, 0.5) is 4.39 Å². The molecule has 0 aliphatic carbocycles. The SMILES string of the molecule is O=C(Cn1nc(-c2ccccc2F)ccc1=O)NCCC(c1ccccc1)c1ccccc1. The number of hydrogen-bond acceptors (Lipinski definition) is 3. The first-order chi connectivity index (χ1) is 16.1. The Kier molecular flexibility index (Phi) is 7.05. The summed E-state index contributed by atoms with van der Waals surface area (Å²) >= 11 is 0. The molecule has 1 aromatic heterocycles. The lowest BCUT2D eigenvalue weighted by atomic mass is 9.88. The van der Waals surface area contributed by atoms with Crippen molar-refractivity contribution in [2.45, 2.75) is 18.9 Å². The van der Waals surface area contributed by atoms with Crippen LogP contribution in [0.2, 0.25) is 0 Å². The summed E-state index contributed by atoms with van der Waals surface area (Å²) in [6.07, 6.45) is 0.706. The molecule has 0 radical (unpaired) electrons. The Labute approximate surface area is 191 Å². The average Bonchev–Trinajstić information content (AvgIpc) is 2.85. The second-order valence-corrected chi connectivity index (χ2v) is 7.71. The van der Waals surface area contributed by atoms with Crippen molar-refractivity contribution in [2.75, 3.05) is 6.54 Å². The van der Waals surface area contributed by atoms with Gasteiger partial charge in [0.15, 0.2) is 0 Å². The predicted octanol–water partition coefficient (Wildman–Crippen LogP) is 4.39. The fourth-order valence-electron chi connectivity index (χ4n) is 3.82. The lowest BCUT2D eigenvalue weighted by molar-refractivity contribution is -0.121. The van der Waals surface area contributed by atoms with Crippen molar-refractivity contribution in [3.05, 3.63) is 124 Å². The number of aromatic nitrogens is 2. The zero-order valence-corrected chi connectivity index (χ0v) is 18.0. The molecule has 0 aliphatic rings. The molecule has 166 valence electrons. The molecule has 0 saturated carbocycles. The first kappa shape index (κ1) is 22.1. The summed E-state index contributed by atoms with van der Waals surface area (Å²) in [5.41, 5.74) is 2.51. The van der Waals surface area contributed by atoms with Crippen molar-refractivity contribution in [1.29, 1.82) is 0 Å². The highest BCUT2D eigenvalue weighted by molar-refractivity contribution is 5.75. The predicted molar refractivity (Wildman–Crippen MR) is 126 cm³/mol. The molecule has 0 bridgehead atoms. The molecule has 6 heteroatoms. The van der Waals surface area contributed by atoms with E-state index in [1.54, 1.807) is 18.2 Å². The smallest absolute Gasteiger partial charge is 0.267 e. The van der Waals surface area contributed by atoms with Crippen LogP contribution in [0.1, 0.15) is 23.5 Å². The zero-order chi connectivity index (χ0) is 23.0.